The number of esters is 1. The fourth-order valence-electron chi connectivity index (χ4n) is 1.48. The number of hydrogen-bond donors (Lipinski definition) is 1. The van der Waals surface area contributed by atoms with Crippen LogP contribution in [0.15, 0.2) is 24.3 Å². The highest BCUT2D eigenvalue weighted by Gasteiger charge is 2.25. The minimum atomic E-state index is -0.745. The Bertz CT molecular complexity index is 446. The first-order chi connectivity index (χ1) is 8.45. The quantitative estimate of drug-likeness (QED) is 0.832. The molecule has 1 aromatic rings. The van der Waals surface area contributed by atoms with Gasteiger partial charge in [0.1, 0.15) is 11.9 Å². The number of carbonyl (C=O) groups is 2. The monoisotopic (exact) mass is 253 g/mol. The maximum absolute atomic E-state index is 13.0. The second-order valence-corrected chi connectivity index (χ2v) is 4.23. The molecule has 0 bridgehead atoms. The summed E-state index contributed by atoms with van der Waals surface area (Å²) in [6.45, 7) is 3.57. The number of hydrogen-bond acceptors (Lipinski definition) is 3. The van der Waals surface area contributed by atoms with Gasteiger partial charge in [-0.3, -0.25) is 4.79 Å². The summed E-state index contributed by atoms with van der Waals surface area (Å²) in [5.41, 5.74) is 0.171. The Morgan fingerprint density at radius 2 is 2.00 bits per heavy atom. The molecule has 0 aromatic heterocycles. The van der Waals surface area contributed by atoms with E-state index >= 15 is 0 Å². The Balaban J connectivity index is 2.82. The normalized spacial score (nSPS) is 12.1. The number of halogens is 1. The van der Waals surface area contributed by atoms with Gasteiger partial charge in [-0.2, -0.15) is 0 Å². The third kappa shape index (κ3) is 3.55. The zero-order valence-corrected chi connectivity index (χ0v) is 10.6. The molecule has 5 heteroatoms. The average Bonchev–Trinajstić information content (AvgIpc) is 2.34. The molecule has 0 spiro atoms. The van der Waals surface area contributed by atoms with Crippen molar-refractivity contribution in [2.45, 2.75) is 19.9 Å². The van der Waals surface area contributed by atoms with Gasteiger partial charge < -0.3 is 10.1 Å². The summed E-state index contributed by atoms with van der Waals surface area (Å²) in [6.07, 6.45) is 0. The smallest absolute Gasteiger partial charge is 0.328 e. The lowest BCUT2D eigenvalue weighted by Crippen LogP contribution is -2.45. The molecule has 18 heavy (non-hydrogen) atoms. The average molecular weight is 253 g/mol. The highest BCUT2D eigenvalue weighted by Crippen LogP contribution is 2.07. The molecule has 98 valence electrons. The van der Waals surface area contributed by atoms with E-state index in [1.54, 1.807) is 13.8 Å². The van der Waals surface area contributed by atoms with Crippen LogP contribution in [0.3, 0.4) is 0 Å². The summed E-state index contributed by atoms with van der Waals surface area (Å²) in [7, 11) is 1.26. The number of benzene rings is 1. The summed E-state index contributed by atoms with van der Waals surface area (Å²) in [4.78, 5) is 23.3. The lowest BCUT2D eigenvalue weighted by atomic mass is 10.0. The van der Waals surface area contributed by atoms with Crippen LogP contribution in [0.1, 0.15) is 24.2 Å². The molecular weight excluding hydrogens is 237 g/mol. The van der Waals surface area contributed by atoms with E-state index in [2.05, 4.69) is 10.1 Å². The van der Waals surface area contributed by atoms with Crippen molar-refractivity contribution in [2.75, 3.05) is 7.11 Å². The summed E-state index contributed by atoms with van der Waals surface area (Å²) in [6, 6.07) is 4.53. The number of rotatable bonds is 4. The highest BCUT2D eigenvalue weighted by molar-refractivity contribution is 5.96. The molecule has 1 rings (SSSR count). The molecule has 0 fully saturated rings. The van der Waals surface area contributed by atoms with Crippen molar-refractivity contribution in [3.8, 4) is 0 Å². The van der Waals surface area contributed by atoms with Crippen LogP contribution in [0.25, 0.3) is 0 Å². The molecule has 0 aliphatic carbocycles. The van der Waals surface area contributed by atoms with E-state index in [4.69, 9.17) is 0 Å². The zero-order chi connectivity index (χ0) is 13.7. The standard InChI is InChI=1S/C13H16FNO3/c1-8(2)11(13(17)18-3)15-12(16)9-5-4-6-10(14)7-9/h4-8,11H,1-3H3,(H,15,16)/t11-/m0/s1. The van der Waals surface area contributed by atoms with Gasteiger partial charge >= 0.3 is 5.97 Å². The van der Waals surface area contributed by atoms with Crippen molar-refractivity contribution in [3.05, 3.63) is 35.6 Å². The Morgan fingerprint density at radius 3 is 2.50 bits per heavy atom. The van der Waals surface area contributed by atoms with E-state index in [9.17, 15) is 14.0 Å². The van der Waals surface area contributed by atoms with Crippen LogP contribution in [0.2, 0.25) is 0 Å². The first kappa shape index (κ1) is 14.2. The molecule has 0 unspecified atom stereocenters. The SMILES string of the molecule is COC(=O)[C@@H](NC(=O)c1cccc(F)c1)C(C)C. The van der Waals surface area contributed by atoms with Gasteiger partial charge in [-0.15, -0.1) is 0 Å². The molecule has 0 aliphatic heterocycles. The van der Waals surface area contributed by atoms with Gasteiger partial charge in [-0.05, 0) is 24.1 Å². The third-order valence-corrected chi connectivity index (χ3v) is 2.50. The maximum atomic E-state index is 13.0. The molecule has 1 aromatic carbocycles. The van der Waals surface area contributed by atoms with Gasteiger partial charge in [0, 0.05) is 5.56 Å². The van der Waals surface area contributed by atoms with Crippen LogP contribution < -0.4 is 5.32 Å². The van der Waals surface area contributed by atoms with E-state index in [0.29, 0.717) is 0 Å². The summed E-state index contributed by atoms with van der Waals surface area (Å²) < 4.78 is 17.6. The van der Waals surface area contributed by atoms with Crippen LogP contribution in [0, 0.1) is 11.7 Å². The zero-order valence-electron chi connectivity index (χ0n) is 10.6. The second kappa shape index (κ2) is 6.14. The number of carbonyl (C=O) groups excluding carboxylic acids is 2. The van der Waals surface area contributed by atoms with Crippen LogP contribution in [0.5, 0.6) is 0 Å². The third-order valence-electron chi connectivity index (χ3n) is 2.50. The van der Waals surface area contributed by atoms with Crippen molar-refractivity contribution < 1.29 is 18.7 Å². The van der Waals surface area contributed by atoms with Gasteiger partial charge in [-0.25, -0.2) is 9.18 Å². The second-order valence-electron chi connectivity index (χ2n) is 4.23. The fraction of sp³-hybridized carbons (Fsp3) is 0.385. The molecule has 1 amide bonds. The molecular formula is C13H16FNO3. The van der Waals surface area contributed by atoms with E-state index in [0.717, 1.165) is 6.07 Å². The van der Waals surface area contributed by atoms with Crippen LogP contribution in [0.4, 0.5) is 4.39 Å². The Kier molecular flexibility index (Phi) is 4.83. The lowest BCUT2D eigenvalue weighted by molar-refractivity contribution is -0.144. The predicted molar refractivity (Wildman–Crippen MR) is 64.5 cm³/mol. The Labute approximate surface area is 105 Å². The lowest BCUT2D eigenvalue weighted by Gasteiger charge is -2.19. The van der Waals surface area contributed by atoms with E-state index < -0.39 is 23.7 Å². The van der Waals surface area contributed by atoms with Crippen LogP contribution >= 0.6 is 0 Å². The largest absolute Gasteiger partial charge is 0.467 e. The van der Waals surface area contributed by atoms with E-state index in [-0.39, 0.29) is 11.5 Å². The van der Waals surface area contributed by atoms with Crippen LogP contribution in [-0.4, -0.2) is 25.0 Å². The summed E-state index contributed by atoms with van der Waals surface area (Å²) >= 11 is 0. The van der Waals surface area contributed by atoms with Crippen molar-refractivity contribution in [1.29, 1.82) is 0 Å². The van der Waals surface area contributed by atoms with Crippen LogP contribution in [-0.2, 0) is 9.53 Å². The van der Waals surface area contributed by atoms with Gasteiger partial charge in [0.25, 0.3) is 5.91 Å². The molecule has 0 heterocycles. The number of amides is 1. The molecule has 4 nitrogen and oxygen atoms in total. The topological polar surface area (TPSA) is 55.4 Å². The minimum Gasteiger partial charge on any atom is -0.467 e. The highest BCUT2D eigenvalue weighted by atomic mass is 19.1. The van der Waals surface area contributed by atoms with Crippen molar-refractivity contribution >= 4 is 11.9 Å². The van der Waals surface area contributed by atoms with Gasteiger partial charge in [0.2, 0.25) is 0 Å². The van der Waals surface area contributed by atoms with Crippen molar-refractivity contribution in [2.24, 2.45) is 5.92 Å². The molecule has 0 radical (unpaired) electrons. The molecule has 1 N–H and O–H groups in total. The van der Waals surface area contributed by atoms with Crippen molar-refractivity contribution in [3.63, 3.8) is 0 Å². The predicted octanol–water partition coefficient (Wildman–Crippen LogP) is 1.75. The molecule has 0 saturated heterocycles. The number of ether oxygens (including phenoxy) is 1. The van der Waals surface area contributed by atoms with E-state index in [1.165, 1.54) is 25.3 Å². The fourth-order valence-corrected chi connectivity index (χ4v) is 1.48. The van der Waals surface area contributed by atoms with E-state index in [1.807, 2.05) is 0 Å². The minimum absolute atomic E-state index is 0.116. The first-order valence-electron chi connectivity index (χ1n) is 5.60. The summed E-state index contributed by atoms with van der Waals surface area (Å²) in [5, 5.41) is 2.53. The maximum Gasteiger partial charge on any atom is 0.328 e. The Hall–Kier alpha value is -1.91. The Morgan fingerprint density at radius 1 is 1.33 bits per heavy atom. The molecule has 0 saturated carbocycles. The van der Waals surface area contributed by atoms with Crippen molar-refractivity contribution in [1.82, 2.24) is 5.32 Å². The molecule has 0 aliphatic rings. The first-order valence-corrected chi connectivity index (χ1v) is 5.60. The summed E-state index contributed by atoms with van der Waals surface area (Å²) in [5.74, 6) is -1.63. The number of nitrogens with one attached hydrogen (secondary N) is 1. The van der Waals surface area contributed by atoms with Gasteiger partial charge in [-0.1, -0.05) is 19.9 Å². The molecule has 1 atom stereocenters. The van der Waals surface area contributed by atoms with Gasteiger partial charge in [0.05, 0.1) is 7.11 Å². The number of methoxy groups -OCH3 is 1. The van der Waals surface area contributed by atoms with Gasteiger partial charge in [0.15, 0.2) is 0 Å².